The molecule has 0 saturated heterocycles. The lowest BCUT2D eigenvalue weighted by atomic mass is 10.0. The van der Waals surface area contributed by atoms with Gasteiger partial charge in [-0.2, -0.15) is 0 Å². The third-order valence-corrected chi connectivity index (χ3v) is 4.84. The fourth-order valence-electron chi connectivity index (χ4n) is 1.99. The summed E-state index contributed by atoms with van der Waals surface area (Å²) in [5.74, 6) is -1.15. The molecule has 0 bridgehead atoms. The zero-order chi connectivity index (χ0) is 17.0. The quantitative estimate of drug-likeness (QED) is 0.832. The minimum Gasteiger partial charge on any atom is -0.370 e. The van der Waals surface area contributed by atoms with Crippen molar-refractivity contribution in [1.29, 1.82) is 0 Å². The van der Waals surface area contributed by atoms with Gasteiger partial charge >= 0.3 is 0 Å². The number of carbonyl (C=O) groups excluding carboxylic acids is 1. The molecule has 2 rings (SSSR count). The van der Waals surface area contributed by atoms with Gasteiger partial charge < -0.3 is 5.73 Å². The van der Waals surface area contributed by atoms with Gasteiger partial charge in [0, 0.05) is 11.4 Å². The molecule has 0 aliphatic rings. The highest BCUT2D eigenvalue weighted by Crippen LogP contribution is 2.21. The monoisotopic (exact) mass is 356 g/mol. The summed E-state index contributed by atoms with van der Waals surface area (Å²) in [6.45, 7) is 0. The third kappa shape index (κ3) is 4.75. The molecule has 8 heteroatoms. The van der Waals surface area contributed by atoms with E-state index in [1.807, 2.05) is 0 Å². The average molecular weight is 357 g/mol. The summed E-state index contributed by atoms with van der Waals surface area (Å²) in [6, 6.07) is 9.83. The van der Waals surface area contributed by atoms with Crippen molar-refractivity contribution in [2.75, 3.05) is 0 Å². The van der Waals surface area contributed by atoms with Crippen molar-refractivity contribution in [3.8, 4) is 0 Å². The van der Waals surface area contributed by atoms with Gasteiger partial charge in [-0.25, -0.2) is 17.5 Å². The zero-order valence-corrected chi connectivity index (χ0v) is 13.4. The largest absolute Gasteiger partial charge is 0.370 e. The second-order valence-corrected chi connectivity index (χ2v) is 7.00. The number of benzene rings is 2. The lowest BCUT2D eigenvalue weighted by Gasteiger charge is -2.18. The van der Waals surface area contributed by atoms with Crippen LogP contribution in [0.5, 0.6) is 0 Å². The van der Waals surface area contributed by atoms with Crippen LogP contribution in [0.3, 0.4) is 0 Å². The van der Waals surface area contributed by atoms with E-state index < -0.39 is 27.8 Å². The summed E-state index contributed by atoms with van der Waals surface area (Å²) in [4.78, 5) is 11.2. The lowest BCUT2D eigenvalue weighted by Crippen LogP contribution is -2.31. The number of hydrogen-bond acceptors (Lipinski definition) is 3. The van der Waals surface area contributed by atoms with Gasteiger partial charge in [0.15, 0.2) is 0 Å². The Morgan fingerprint density at radius 1 is 1.13 bits per heavy atom. The van der Waals surface area contributed by atoms with Gasteiger partial charge in [0.1, 0.15) is 5.82 Å². The van der Waals surface area contributed by atoms with Gasteiger partial charge in [0.2, 0.25) is 15.9 Å². The van der Waals surface area contributed by atoms with Crippen molar-refractivity contribution < 1.29 is 17.6 Å². The molecular formula is C15H14ClFN2O3S. The predicted molar refractivity (Wildman–Crippen MR) is 84.7 cm³/mol. The summed E-state index contributed by atoms with van der Waals surface area (Å²) in [6.07, 6.45) is -0.252. The molecule has 1 atom stereocenters. The topological polar surface area (TPSA) is 89.3 Å². The van der Waals surface area contributed by atoms with Crippen molar-refractivity contribution >= 4 is 27.5 Å². The van der Waals surface area contributed by atoms with Crippen LogP contribution in [0.25, 0.3) is 0 Å². The minimum atomic E-state index is -3.89. The standard InChI is InChI=1S/C15H14ClFN2O3S/c16-11-3-7-13(8-4-11)23(21,22)19-14(9-15(18)20)10-1-5-12(17)6-2-10/h1-8,14,19H,9H2,(H2,18,20)/t14-/m1/s1. The molecule has 0 unspecified atom stereocenters. The van der Waals surface area contributed by atoms with E-state index in [-0.39, 0.29) is 11.3 Å². The van der Waals surface area contributed by atoms with E-state index in [2.05, 4.69) is 4.72 Å². The van der Waals surface area contributed by atoms with Crippen molar-refractivity contribution in [3.05, 3.63) is 64.9 Å². The number of hydrogen-bond donors (Lipinski definition) is 2. The van der Waals surface area contributed by atoms with Crippen LogP contribution in [-0.2, 0) is 14.8 Å². The summed E-state index contributed by atoms with van der Waals surface area (Å²) >= 11 is 5.74. The van der Waals surface area contributed by atoms with Crippen molar-refractivity contribution in [3.63, 3.8) is 0 Å². The lowest BCUT2D eigenvalue weighted by molar-refractivity contribution is -0.118. The number of primary amides is 1. The minimum absolute atomic E-state index is 0.00141. The number of sulfonamides is 1. The molecule has 0 heterocycles. The second-order valence-electron chi connectivity index (χ2n) is 4.85. The van der Waals surface area contributed by atoms with E-state index in [4.69, 9.17) is 17.3 Å². The molecule has 2 aromatic carbocycles. The molecule has 0 aliphatic heterocycles. The Morgan fingerprint density at radius 3 is 2.22 bits per heavy atom. The molecule has 2 aromatic rings. The van der Waals surface area contributed by atoms with Crippen LogP contribution in [0.1, 0.15) is 18.0 Å². The van der Waals surface area contributed by atoms with Gasteiger partial charge in [0.05, 0.1) is 10.9 Å². The maximum atomic E-state index is 13.0. The summed E-state index contributed by atoms with van der Waals surface area (Å²) in [7, 11) is -3.89. The second kappa shape index (κ2) is 7.08. The number of nitrogens with one attached hydrogen (secondary N) is 1. The zero-order valence-electron chi connectivity index (χ0n) is 11.9. The number of halogens is 2. The Balaban J connectivity index is 2.31. The van der Waals surface area contributed by atoms with E-state index >= 15 is 0 Å². The first-order chi connectivity index (χ1) is 10.8. The smallest absolute Gasteiger partial charge is 0.241 e. The molecule has 0 fully saturated rings. The molecule has 0 saturated carbocycles. The summed E-state index contributed by atoms with van der Waals surface area (Å²) < 4.78 is 40.2. The number of carbonyl (C=O) groups is 1. The highest BCUT2D eigenvalue weighted by Gasteiger charge is 2.23. The molecule has 3 N–H and O–H groups in total. The van der Waals surface area contributed by atoms with E-state index in [9.17, 15) is 17.6 Å². The average Bonchev–Trinajstić information content (AvgIpc) is 2.47. The Hall–Kier alpha value is -1.96. The molecule has 122 valence electrons. The van der Waals surface area contributed by atoms with Crippen LogP contribution in [0.4, 0.5) is 4.39 Å². The fraction of sp³-hybridized carbons (Fsp3) is 0.133. The maximum Gasteiger partial charge on any atom is 0.241 e. The van der Waals surface area contributed by atoms with E-state index in [0.29, 0.717) is 10.6 Å². The first kappa shape index (κ1) is 17.4. The maximum absolute atomic E-state index is 13.0. The van der Waals surface area contributed by atoms with Gasteiger partial charge in [-0.15, -0.1) is 0 Å². The van der Waals surface area contributed by atoms with Gasteiger partial charge in [-0.05, 0) is 42.0 Å². The number of rotatable bonds is 6. The van der Waals surface area contributed by atoms with Crippen LogP contribution in [-0.4, -0.2) is 14.3 Å². The SMILES string of the molecule is NC(=O)C[C@@H](NS(=O)(=O)c1ccc(Cl)cc1)c1ccc(F)cc1. The molecule has 1 amide bonds. The first-order valence-corrected chi connectivity index (χ1v) is 8.46. The van der Waals surface area contributed by atoms with Crippen LogP contribution < -0.4 is 10.5 Å². The van der Waals surface area contributed by atoms with Crippen LogP contribution in [0, 0.1) is 5.82 Å². The summed E-state index contributed by atoms with van der Waals surface area (Å²) in [5, 5.41) is 0.399. The van der Waals surface area contributed by atoms with Crippen molar-refractivity contribution in [2.45, 2.75) is 17.4 Å². The normalized spacial score (nSPS) is 12.8. The first-order valence-electron chi connectivity index (χ1n) is 6.59. The third-order valence-electron chi connectivity index (χ3n) is 3.10. The molecule has 0 aliphatic carbocycles. The van der Waals surface area contributed by atoms with Crippen molar-refractivity contribution in [2.24, 2.45) is 5.73 Å². The van der Waals surface area contributed by atoms with Gasteiger partial charge in [-0.1, -0.05) is 23.7 Å². The van der Waals surface area contributed by atoms with Gasteiger partial charge in [-0.3, -0.25) is 4.79 Å². The molecule has 0 radical (unpaired) electrons. The molecule has 0 aromatic heterocycles. The highest BCUT2D eigenvalue weighted by atomic mass is 35.5. The Labute approximate surface area is 138 Å². The Morgan fingerprint density at radius 2 is 1.70 bits per heavy atom. The highest BCUT2D eigenvalue weighted by molar-refractivity contribution is 7.89. The van der Waals surface area contributed by atoms with Crippen molar-refractivity contribution in [1.82, 2.24) is 4.72 Å². The molecular weight excluding hydrogens is 343 g/mol. The van der Waals surface area contributed by atoms with E-state index in [1.165, 1.54) is 48.5 Å². The fourth-order valence-corrected chi connectivity index (χ4v) is 3.34. The number of amides is 1. The molecule has 23 heavy (non-hydrogen) atoms. The number of nitrogens with two attached hydrogens (primary N) is 1. The summed E-state index contributed by atoms with van der Waals surface area (Å²) in [5.41, 5.74) is 5.61. The van der Waals surface area contributed by atoms with E-state index in [1.54, 1.807) is 0 Å². The van der Waals surface area contributed by atoms with Crippen LogP contribution >= 0.6 is 11.6 Å². The Kier molecular flexibility index (Phi) is 5.35. The van der Waals surface area contributed by atoms with Crippen LogP contribution in [0.2, 0.25) is 5.02 Å². The molecule has 5 nitrogen and oxygen atoms in total. The predicted octanol–water partition coefficient (Wildman–Crippen LogP) is 2.37. The Bertz CT molecular complexity index is 792. The van der Waals surface area contributed by atoms with E-state index in [0.717, 1.165) is 0 Å². The van der Waals surface area contributed by atoms with Gasteiger partial charge in [0.25, 0.3) is 0 Å². The van der Waals surface area contributed by atoms with Crippen LogP contribution in [0.15, 0.2) is 53.4 Å². The molecule has 0 spiro atoms.